The molecule has 1 N–H and O–H groups in total. The Balaban J connectivity index is 1.35. The maximum absolute atomic E-state index is 13.9. The Morgan fingerprint density at radius 2 is 1.93 bits per heavy atom. The van der Waals surface area contributed by atoms with Gasteiger partial charge in [-0.3, -0.25) is 9.59 Å². The number of halogens is 1. The van der Waals surface area contributed by atoms with Crippen LogP contribution in [0.1, 0.15) is 42.6 Å². The molecule has 0 bridgehead atoms. The summed E-state index contributed by atoms with van der Waals surface area (Å²) in [6.45, 7) is 1.80. The summed E-state index contributed by atoms with van der Waals surface area (Å²) in [4.78, 5) is 37.5. The first-order valence-corrected chi connectivity index (χ1v) is 10.4. The van der Waals surface area contributed by atoms with Crippen LogP contribution >= 0.6 is 0 Å². The average Bonchev–Trinajstić information content (AvgIpc) is 3.47. The number of carbonyl (C=O) groups is 2. The third-order valence-corrected chi connectivity index (χ3v) is 6.70. The van der Waals surface area contributed by atoms with Crippen molar-refractivity contribution in [2.75, 3.05) is 19.6 Å². The Hall–Kier alpha value is -2.70. The maximum atomic E-state index is 13.9. The third-order valence-electron chi connectivity index (χ3n) is 6.70. The van der Waals surface area contributed by atoms with E-state index in [0.29, 0.717) is 38.0 Å². The molecule has 1 aromatic heterocycles. The Morgan fingerprint density at radius 3 is 2.66 bits per heavy atom. The van der Waals surface area contributed by atoms with Crippen LogP contribution in [-0.4, -0.2) is 51.2 Å². The smallest absolute Gasteiger partial charge is 0.227 e. The molecule has 5 rings (SSSR count). The molecule has 0 radical (unpaired) electrons. The van der Waals surface area contributed by atoms with Crippen molar-refractivity contribution in [1.82, 2.24) is 19.8 Å². The highest BCUT2D eigenvalue weighted by molar-refractivity contribution is 5.82. The number of aromatic amines is 1. The third kappa shape index (κ3) is 3.12. The van der Waals surface area contributed by atoms with E-state index in [0.717, 1.165) is 30.7 Å². The Labute approximate surface area is 169 Å². The molecule has 2 fully saturated rings. The molecule has 7 heteroatoms. The van der Waals surface area contributed by atoms with E-state index in [1.807, 2.05) is 4.90 Å². The van der Waals surface area contributed by atoms with Crippen LogP contribution in [0, 0.1) is 11.7 Å². The molecule has 152 valence electrons. The minimum absolute atomic E-state index is 0.0666. The number of imidazole rings is 1. The molecular weight excluding hydrogens is 371 g/mol. The molecule has 3 heterocycles. The molecule has 1 saturated carbocycles. The summed E-state index contributed by atoms with van der Waals surface area (Å²) in [5.41, 5.74) is 2.08. The summed E-state index contributed by atoms with van der Waals surface area (Å²) in [5.74, 6) is -0.00933. The van der Waals surface area contributed by atoms with Gasteiger partial charge in [0.25, 0.3) is 0 Å². The van der Waals surface area contributed by atoms with Gasteiger partial charge in [0.15, 0.2) is 0 Å². The van der Waals surface area contributed by atoms with Crippen molar-refractivity contribution in [2.24, 2.45) is 5.92 Å². The van der Waals surface area contributed by atoms with E-state index in [2.05, 4.69) is 9.97 Å². The number of fused-ring (bicyclic) bond motifs is 2. The van der Waals surface area contributed by atoms with Crippen LogP contribution in [-0.2, 0) is 28.0 Å². The van der Waals surface area contributed by atoms with Gasteiger partial charge in [0.05, 0.1) is 24.0 Å². The van der Waals surface area contributed by atoms with Crippen molar-refractivity contribution >= 4 is 11.8 Å². The number of carbonyl (C=O) groups excluding carboxylic acids is 2. The largest absolute Gasteiger partial charge is 0.348 e. The minimum atomic E-state index is -0.429. The summed E-state index contributed by atoms with van der Waals surface area (Å²) in [6, 6.07) is 6.42. The first-order valence-electron chi connectivity index (χ1n) is 10.4. The van der Waals surface area contributed by atoms with Crippen molar-refractivity contribution in [3.63, 3.8) is 0 Å². The number of hydrogen-bond donors (Lipinski definition) is 1. The fourth-order valence-electron chi connectivity index (χ4n) is 4.90. The number of H-pyrrole nitrogens is 1. The quantitative estimate of drug-likeness (QED) is 0.866. The van der Waals surface area contributed by atoms with Gasteiger partial charge in [-0.15, -0.1) is 0 Å². The van der Waals surface area contributed by atoms with Gasteiger partial charge >= 0.3 is 0 Å². The monoisotopic (exact) mass is 396 g/mol. The number of rotatable bonds is 3. The van der Waals surface area contributed by atoms with Crippen LogP contribution in [0.3, 0.4) is 0 Å². The summed E-state index contributed by atoms with van der Waals surface area (Å²) in [7, 11) is 0. The van der Waals surface area contributed by atoms with Crippen LogP contribution in [0.4, 0.5) is 4.39 Å². The molecule has 6 nitrogen and oxygen atoms in total. The molecular formula is C22H25FN4O2. The van der Waals surface area contributed by atoms with E-state index < -0.39 is 5.54 Å². The van der Waals surface area contributed by atoms with E-state index in [4.69, 9.17) is 0 Å². The lowest BCUT2D eigenvalue weighted by atomic mass is 9.78. The van der Waals surface area contributed by atoms with Crippen molar-refractivity contribution in [3.05, 3.63) is 53.4 Å². The number of amides is 2. The predicted molar refractivity (Wildman–Crippen MR) is 104 cm³/mol. The zero-order valence-electron chi connectivity index (χ0n) is 16.4. The minimum Gasteiger partial charge on any atom is -0.348 e. The molecule has 0 atom stereocenters. The van der Waals surface area contributed by atoms with E-state index in [1.54, 1.807) is 29.4 Å². The zero-order chi connectivity index (χ0) is 20.0. The molecule has 1 spiro atoms. The van der Waals surface area contributed by atoms with Gasteiger partial charge in [0.1, 0.15) is 5.82 Å². The summed E-state index contributed by atoms with van der Waals surface area (Å²) in [5, 5.41) is 0. The van der Waals surface area contributed by atoms with E-state index >= 15 is 0 Å². The molecule has 2 amide bonds. The molecule has 1 saturated heterocycles. The number of hydrogen-bond acceptors (Lipinski definition) is 3. The zero-order valence-corrected chi connectivity index (χ0v) is 16.4. The van der Waals surface area contributed by atoms with Crippen LogP contribution in [0.25, 0.3) is 0 Å². The second-order valence-electron chi connectivity index (χ2n) is 8.42. The highest BCUT2D eigenvalue weighted by Crippen LogP contribution is 2.45. The molecule has 0 unspecified atom stereocenters. The van der Waals surface area contributed by atoms with Gasteiger partial charge in [-0.1, -0.05) is 18.2 Å². The first kappa shape index (κ1) is 18.3. The predicted octanol–water partition coefficient (Wildman–Crippen LogP) is 2.40. The number of nitrogens with zero attached hydrogens (tertiary/aromatic N) is 3. The van der Waals surface area contributed by atoms with Crippen LogP contribution in [0.5, 0.6) is 0 Å². The highest BCUT2D eigenvalue weighted by Gasteiger charge is 2.51. The molecule has 3 aliphatic rings. The molecule has 1 aliphatic carbocycles. The molecule has 2 aromatic rings. The second kappa shape index (κ2) is 6.97. The molecule has 2 aliphatic heterocycles. The summed E-state index contributed by atoms with van der Waals surface area (Å²) < 4.78 is 13.9. The lowest BCUT2D eigenvalue weighted by Gasteiger charge is -2.50. The van der Waals surface area contributed by atoms with Gasteiger partial charge in [0, 0.05) is 37.7 Å². The fourth-order valence-corrected chi connectivity index (χ4v) is 4.90. The molecule has 1 aromatic carbocycles. The lowest BCUT2D eigenvalue weighted by molar-refractivity contribution is -0.145. The van der Waals surface area contributed by atoms with E-state index in [1.165, 1.54) is 6.07 Å². The SMILES string of the molecule is O=C(Cc1ccccc1F)N1CCC2(CC1)c1nc[nH]c1CCN2C(=O)C1CC1. The van der Waals surface area contributed by atoms with Gasteiger partial charge < -0.3 is 14.8 Å². The standard InChI is InChI=1S/C22H25FN4O2/c23-17-4-2-1-3-16(17)13-19(28)26-11-8-22(9-12-26)20-18(24-14-25-20)7-10-27(22)21(29)15-5-6-15/h1-4,14-15H,5-13H2,(H,24,25). The average molecular weight is 396 g/mol. The normalized spacial score (nSPS) is 20.6. The Kier molecular flexibility index (Phi) is 4.41. The van der Waals surface area contributed by atoms with Crippen molar-refractivity contribution in [1.29, 1.82) is 0 Å². The summed E-state index contributed by atoms with van der Waals surface area (Å²) >= 11 is 0. The maximum Gasteiger partial charge on any atom is 0.227 e. The Bertz CT molecular complexity index is 944. The van der Waals surface area contributed by atoms with Crippen molar-refractivity contribution in [3.8, 4) is 0 Å². The fraction of sp³-hybridized carbons (Fsp3) is 0.500. The number of aromatic nitrogens is 2. The van der Waals surface area contributed by atoms with Gasteiger partial charge in [-0.25, -0.2) is 9.37 Å². The highest BCUT2D eigenvalue weighted by atomic mass is 19.1. The van der Waals surface area contributed by atoms with Gasteiger partial charge in [0.2, 0.25) is 11.8 Å². The van der Waals surface area contributed by atoms with Gasteiger partial charge in [-0.2, -0.15) is 0 Å². The van der Waals surface area contributed by atoms with Crippen LogP contribution in [0.15, 0.2) is 30.6 Å². The topological polar surface area (TPSA) is 69.3 Å². The number of nitrogens with one attached hydrogen (secondary N) is 1. The second-order valence-corrected chi connectivity index (χ2v) is 8.42. The lowest BCUT2D eigenvalue weighted by Crippen LogP contribution is -2.59. The summed E-state index contributed by atoms with van der Waals surface area (Å²) in [6.07, 6.45) is 5.88. The van der Waals surface area contributed by atoms with Crippen LogP contribution in [0.2, 0.25) is 0 Å². The number of piperidine rings is 1. The van der Waals surface area contributed by atoms with Gasteiger partial charge in [-0.05, 0) is 37.3 Å². The van der Waals surface area contributed by atoms with E-state index in [9.17, 15) is 14.0 Å². The number of benzene rings is 1. The number of likely N-dealkylation sites (tertiary alicyclic amines) is 1. The van der Waals surface area contributed by atoms with Crippen LogP contribution < -0.4 is 0 Å². The molecule has 29 heavy (non-hydrogen) atoms. The van der Waals surface area contributed by atoms with E-state index in [-0.39, 0.29) is 30.0 Å². The first-order chi connectivity index (χ1) is 14.1. The van der Waals surface area contributed by atoms with Crippen molar-refractivity contribution < 1.29 is 14.0 Å². The van der Waals surface area contributed by atoms with Crippen molar-refractivity contribution in [2.45, 2.75) is 44.1 Å². The Morgan fingerprint density at radius 1 is 1.17 bits per heavy atom.